The summed E-state index contributed by atoms with van der Waals surface area (Å²) in [6, 6.07) is 16.1. The fraction of sp³-hybridized carbons (Fsp3) is 0.250. The molecule has 0 saturated heterocycles. The molecule has 0 bridgehead atoms. The molecule has 1 unspecified atom stereocenters. The number of aromatic nitrogens is 1. The SMILES string of the molecule is CCOC(=O)CC(c1ccccc1)c1cc(OC)c2cc[nH]c2c1. The Bertz CT molecular complexity index is 823. The zero-order valence-electron chi connectivity index (χ0n) is 13.9. The van der Waals surface area contributed by atoms with E-state index in [-0.39, 0.29) is 11.9 Å². The van der Waals surface area contributed by atoms with Gasteiger partial charge in [0.2, 0.25) is 0 Å². The van der Waals surface area contributed by atoms with Crippen molar-refractivity contribution in [2.75, 3.05) is 13.7 Å². The molecular formula is C20H21NO3. The van der Waals surface area contributed by atoms with Gasteiger partial charge < -0.3 is 14.5 Å². The first-order valence-corrected chi connectivity index (χ1v) is 8.08. The Hall–Kier alpha value is -2.75. The van der Waals surface area contributed by atoms with Gasteiger partial charge in [0.15, 0.2) is 0 Å². The number of hydrogen-bond donors (Lipinski definition) is 1. The maximum Gasteiger partial charge on any atom is 0.306 e. The van der Waals surface area contributed by atoms with Crippen molar-refractivity contribution in [1.82, 2.24) is 4.98 Å². The molecular weight excluding hydrogens is 302 g/mol. The number of carbonyl (C=O) groups is 1. The van der Waals surface area contributed by atoms with Gasteiger partial charge in [-0.05, 0) is 36.2 Å². The molecule has 1 N–H and O–H groups in total. The van der Waals surface area contributed by atoms with Gasteiger partial charge in [0.05, 0.1) is 20.1 Å². The number of esters is 1. The third-order valence-electron chi connectivity index (χ3n) is 4.15. The maximum absolute atomic E-state index is 12.1. The fourth-order valence-electron chi connectivity index (χ4n) is 3.02. The summed E-state index contributed by atoms with van der Waals surface area (Å²) in [7, 11) is 1.66. The van der Waals surface area contributed by atoms with Crippen LogP contribution in [0.15, 0.2) is 54.7 Å². The monoisotopic (exact) mass is 323 g/mol. The van der Waals surface area contributed by atoms with Crippen LogP contribution in [0.25, 0.3) is 10.9 Å². The Morgan fingerprint density at radius 3 is 2.62 bits per heavy atom. The van der Waals surface area contributed by atoms with Crippen molar-refractivity contribution in [3.8, 4) is 5.75 Å². The van der Waals surface area contributed by atoms with Crippen molar-refractivity contribution in [2.45, 2.75) is 19.3 Å². The van der Waals surface area contributed by atoms with Gasteiger partial charge >= 0.3 is 5.97 Å². The molecule has 4 heteroatoms. The predicted molar refractivity (Wildman–Crippen MR) is 94.4 cm³/mol. The van der Waals surface area contributed by atoms with Gasteiger partial charge in [0.25, 0.3) is 0 Å². The van der Waals surface area contributed by atoms with Crippen LogP contribution in [0.2, 0.25) is 0 Å². The molecule has 0 amide bonds. The number of aromatic amines is 1. The van der Waals surface area contributed by atoms with E-state index < -0.39 is 0 Å². The van der Waals surface area contributed by atoms with Crippen LogP contribution in [-0.2, 0) is 9.53 Å². The summed E-state index contributed by atoms with van der Waals surface area (Å²) < 4.78 is 10.7. The summed E-state index contributed by atoms with van der Waals surface area (Å²) in [5.41, 5.74) is 3.11. The topological polar surface area (TPSA) is 51.3 Å². The van der Waals surface area contributed by atoms with E-state index in [1.54, 1.807) is 7.11 Å². The second kappa shape index (κ2) is 7.21. The Morgan fingerprint density at radius 2 is 1.92 bits per heavy atom. The zero-order chi connectivity index (χ0) is 16.9. The van der Waals surface area contributed by atoms with E-state index in [0.717, 1.165) is 27.8 Å². The normalized spacial score (nSPS) is 12.1. The second-order valence-electron chi connectivity index (χ2n) is 5.63. The average molecular weight is 323 g/mol. The van der Waals surface area contributed by atoms with E-state index in [4.69, 9.17) is 9.47 Å². The van der Waals surface area contributed by atoms with Gasteiger partial charge in [0, 0.05) is 23.0 Å². The molecule has 3 aromatic rings. The highest BCUT2D eigenvalue weighted by Crippen LogP contribution is 2.35. The number of fused-ring (bicyclic) bond motifs is 1. The van der Waals surface area contributed by atoms with Crippen molar-refractivity contribution in [3.63, 3.8) is 0 Å². The van der Waals surface area contributed by atoms with E-state index in [1.165, 1.54) is 0 Å². The van der Waals surface area contributed by atoms with Crippen molar-refractivity contribution in [2.24, 2.45) is 0 Å². The third-order valence-corrected chi connectivity index (χ3v) is 4.15. The van der Waals surface area contributed by atoms with Crippen LogP contribution >= 0.6 is 0 Å². The van der Waals surface area contributed by atoms with E-state index in [1.807, 2.05) is 55.6 Å². The number of H-pyrrole nitrogens is 1. The minimum absolute atomic E-state index is 0.0770. The van der Waals surface area contributed by atoms with Gasteiger partial charge in [-0.15, -0.1) is 0 Å². The zero-order valence-corrected chi connectivity index (χ0v) is 13.9. The first kappa shape index (κ1) is 16.1. The van der Waals surface area contributed by atoms with E-state index >= 15 is 0 Å². The standard InChI is InChI=1S/C20H21NO3/c1-3-24-20(22)13-17(14-7-5-4-6-8-14)15-11-18-16(9-10-21-18)19(12-15)23-2/h4-12,17,21H,3,13H2,1-2H3. The van der Waals surface area contributed by atoms with E-state index in [0.29, 0.717) is 13.0 Å². The van der Waals surface area contributed by atoms with Gasteiger partial charge in [-0.3, -0.25) is 4.79 Å². The molecule has 4 nitrogen and oxygen atoms in total. The Balaban J connectivity index is 2.06. The molecule has 0 aliphatic rings. The van der Waals surface area contributed by atoms with Crippen LogP contribution in [0, 0.1) is 0 Å². The van der Waals surface area contributed by atoms with Gasteiger partial charge in [-0.1, -0.05) is 30.3 Å². The van der Waals surface area contributed by atoms with Gasteiger partial charge in [-0.2, -0.15) is 0 Å². The largest absolute Gasteiger partial charge is 0.496 e. The average Bonchev–Trinajstić information content (AvgIpc) is 3.08. The minimum atomic E-state index is -0.197. The quantitative estimate of drug-likeness (QED) is 0.690. The number of ether oxygens (including phenoxy) is 2. The first-order chi connectivity index (χ1) is 11.7. The van der Waals surface area contributed by atoms with Crippen LogP contribution in [0.1, 0.15) is 30.4 Å². The second-order valence-corrected chi connectivity index (χ2v) is 5.63. The number of carbonyl (C=O) groups excluding carboxylic acids is 1. The minimum Gasteiger partial charge on any atom is -0.496 e. The predicted octanol–water partition coefficient (Wildman–Crippen LogP) is 4.26. The summed E-state index contributed by atoms with van der Waals surface area (Å²) in [6.45, 7) is 2.21. The van der Waals surface area contributed by atoms with Crippen LogP contribution in [-0.4, -0.2) is 24.7 Å². The summed E-state index contributed by atoms with van der Waals surface area (Å²) in [6.07, 6.45) is 2.19. The van der Waals surface area contributed by atoms with Crippen molar-refractivity contribution < 1.29 is 14.3 Å². The molecule has 0 fully saturated rings. The molecule has 0 spiro atoms. The molecule has 3 rings (SSSR count). The number of methoxy groups -OCH3 is 1. The van der Waals surface area contributed by atoms with E-state index in [2.05, 4.69) is 11.1 Å². The molecule has 0 saturated carbocycles. The highest BCUT2D eigenvalue weighted by Gasteiger charge is 2.21. The van der Waals surface area contributed by atoms with Crippen molar-refractivity contribution in [3.05, 3.63) is 65.9 Å². The van der Waals surface area contributed by atoms with E-state index in [9.17, 15) is 4.79 Å². The van der Waals surface area contributed by atoms with Gasteiger partial charge in [-0.25, -0.2) is 0 Å². The molecule has 0 aliphatic heterocycles. The summed E-state index contributed by atoms with van der Waals surface area (Å²) in [5.74, 6) is 0.525. The third kappa shape index (κ3) is 3.27. The molecule has 0 aliphatic carbocycles. The molecule has 1 atom stereocenters. The summed E-state index contributed by atoms with van der Waals surface area (Å²) in [4.78, 5) is 15.3. The Morgan fingerprint density at radius 1 is 1.12 bits per heavy atom. The Kier molecular flexibility index (Phi) is 4.85. The lowest BCUT2D eigenvalue weighted by molar-refractivity contribution is -0.143. The summed E-state index contributed by atoms with van der Waals surface area (Å²) >= 11 is 0. The highest BCUT2D eigenvalue weighted by molar-refractivity contribution is 5.87. The first-order valence-electron chi connectivity index (χ1n) is 8.08. The number of hydrogen-bond acceptors (Lipinski definition) is 3. The molecule has 124 valence electrons. The lowest BCUT2D eigenvalue weighted by atomic mass is 9.88. The number of nitrogens with one attached hydrogen (secondary N) is 1. The lowest BCUT2D eigenvalue weighted by Gasteiger charge is -2.18. The smallest absolute Gasteiger partial charge is 0.306 e. The molecule has 24 heavy (non-hydrogen) atoms. The molecule has 1 heterocycles. The van der Waals surface area contributed by atoms with Crippen molar-refractivity contribution in [1.29, 1.82) is 0 Å². The van der Waals surface area contributed by atoms with Crippen LogP contribution in [0.3, 0.4) is 0 Å². The molecule has 1 aromatic heterocycles. The number of rotatable bonds is 6. The van der Waals surface area contributed by atoms with Crippen LogP contribution in [0.5, 0.6) is 5.75 Å². The van der Waals surface area contributed by atoms with Crippen molar-refractivity contribution >= 4 is 16.9 Å². The maximum atomic E-state index is 12.1. The lowest BCUT2D eigenvalue weighted by Crippen LogP contribution is -2.12. The summed E-state index contributed by atoms with van der Waals surface area (Å²) in [5, 5.41) is 1.03. The molecule has 0 radical (unpaired) electrons. The van der Waals surface area contributed by atoms with Crippen LogP contribution < -0.4 is 4.74 Å². The molecule has 2 aromatic carbocycles. The fourth-order valence-corrected chi connectivity index (χ4v) is 3.02. The van der Waals surface area contributed by atoms with Gasteiger partial charge in [0.1, 0.15) is 5.75 Å². The highest BCUT2D eigenvalue weighted by atomic mass is 16.5. The number of benzene rings is 2. The van der Waals surface area contributed by atoms with Crippen LogP contribution in [0.4, 0.5) is 0 Å². The Labute approximate surface area is 141 Å².